The van der Waals surface area contributed by atoms with E-state index in [1.54, 1.807) is 13.0 Å². The highest BCUT2D eigenvalue weighted by atomic mass is 35.5. The van der Waals surface area contributed by atoms with Crippen molar-refractivity contribution in [2.75, 3.05) is 25.0 Å². The molecular weight excluding hydrogens is 284 g/mol. The second-order valence-electron chi connectivity index (χ2n) is 4.47. The number of carbonyl (C=O) groups is 2. The van der Waals surface area contributed by atoms with E-state index in [1.165, 1.54) is 11.1 Å². The minimum Gasteiger partial charge on any atom is -0.367 e. The zero-order valence-electron chi connectivity index (χ0n) is 10.9. The lowest BCUT2D eigenvalue weighted by Gasteiger charge is -2.31. The zero-order valence-corrected chi connectivity index (χ0v) is 11.7. The van der Waals surface area contributed by atoms with Gasteiger partial charge in [-0.05, 0) is 18.6 Å². The van der Waals surface area contributed by atoms with Crippen molar-refractivity contribution in [3.8, 4) is 0 Å². The number of morpholine rings is 1. The van der Waals surface area contributed by atoms with E-state index >= 15 is 0 Å². The molecule has 108 valence electrons. The van der Waals surface area contributed by atoms with E-state index < -0.39 is 12.0 Å². The van der Waals surface area contributed by atoms with Crippen molar-refractivity contribution in [3.05, 3.63) is 23.0 Å². The number of nitrogens with zero attached hydrogens (tertiary/aromatic N) is 2. The predicted molar refractivity (Wildman–Crippen MR) is 73.5 cm³/mol. The van der Waals surface area contributed by atoms with Crippen LogP contribution in [0.3, 0.4) is 0 Å². The van der Waals surface area contributed by atoms with Gasteiger partial charge in [0.2, 0.25) is 5.91 Å². The number of primary amides is 1. The van der Waals surface area contributed by atoms with E-state index in [-0.39, 0.29) is 19.2 Å². The van der Waals surface area contributed by atoms with Gasteiger partial charge in [0.1, 0.15) is 5.15 Å². The predicted octanol–water partition coefficient (Wildman–Crippen LogP) is 0.761. The Balaban J connectivity index is 2.00. The maximum atomic E-state index is 12.1. The molecule has 1 aromatic rings. The molecule has 0 bridgehead atoms. The van der Waals surface area contributed by atoms with Crippen molar-refractivity contribution in [3.63, 3.8) is 0 Å². The normalized spacial score (nSPS) is 18.7. The standard InChI is InChI=1S/C12H15ClN4O3/c1-7-4-8(5-15-10(7)13)16-12(19)17-2-3-20-9(6-17)11(14)18/h4-5,9H,2-3,6H2,1H3,(H2,14,18)(H,16,19). The summed E-state index contributed by atoms with van der Waals surface area (Å²) in [4.78, 5) is 28.6. The highest BCUT2D eigenvalue weighted by Crippen LogP contribution is 2.17. The molecule has 0 radical (unpaired) electrons. The van der Waals surface area contributed by atoms with Crippen molar-refractivity contribution in [1.82, 2.24) is 9.88 Å². The van der Waals surface area contributed by atoms with E-state index in [9.17, 15) is 9.59 Å². The minimum atomic E-state index is -0.764. The summed E-state index contributed by atoms with van der Waals surface area (Å²) in [6, 6.07) is 1.39. The molecule has 1 fully saturated rings. The molecule has 7 nitrogen and oxygen atoms in total. The summed E-state index contributed by atoms with van der Waals surface area (Å²) in [5, 5.41) is 3.09. The number of halogens is 1. The Kier molecular flexibility index (Phi) is 4.41. The fourth-order valence-corrected chi connectivity index (χ4v) is 1.94. The SMILES string of the molecule is Cc1cc(NC(=O)N2CCOC(C(N)=O)C2)cnc1Cl. The molecule has 20 heavy (non-hydrogen) atoms. The number of carbonyl (C=O) groups excluding carboxylic acids is 2. The van der Waals surface area contributed by atoms with E-state index in [0.29, 0.717) is 17.4 Å². The molecule has 2 heterocycles. The summed E-state index contributed by atoms with van der Waals surface area (Å²) in [7, 11) is 0. The first-order chi connectivity index (χ1) is 9.47. The molecule has 1 aromatic heterocycles. The van der Waals surface area contributed by atoms with Crippen LogP contribution in [0, 0.1) is 6.92 Å². The second kappa shape index (κ2) is 6.06. The van der Waals surface area contributed by atoms with Crippen LogP contribution in [0.5, 0.6) is 0 Å². The molecule has 1 saturated heterocycles. The number of aryl methyl sites for hydroxylation is 1. The largest absolute Gasteiger partial charge is 0.367 e. The number of anilines is 1. The van der Waals surface area contributed by atoms with E-state index in [0.717, 1.165) is 5.56 Å². The molecule has 3 N–H and O–H groups in total. The van der Waals surface area contributed by atoms with Gasteiger partial charge in [0.05, 0.1) is 25.0 Å². The van der Waals surface area contributed by atoms with E-state index in [2.05, 4.69) is 10.3 Å². The third-order valence-corrected chi connectivity index (χ3v) is 3.33. The molecule has 1 atom stereocenters. The lowest BCUT2D eigenvalue weighted by atomic mass is 10.2. The Labute approximate surface area is 121 Å². The van der Waals surface area contributed by atoms with Crippen LogP contribution < -0.4 is 11.1 Å². The minimum absolute atomic E-state index is 0.140. The van der Waals surface area contributed by atoms with Gasteiger partial charge in [-0.1, -0.05) is 11.6 Å². The molecule has 2 rings (SSSR count). The number of nitrogens with one attached hydrogen (secondary N) is 1. The van der Waals surface area contributed by atoms with Crippen molar-refractivity contribution in [2.45, 2.75) is 13.0 Å². The Bertz CT molecular complexity index is 537. The number of hydrogen-bond acceptors (Lipinski definition) is 4. The zero-order chi connectivity index (χ0) is 14.7. The van der Waals surface area contributed by atoms with Crippen LogP contribution in [0.1, 0.15) is 5.56 Å². The molecule has 0 aromatic carbocycles. The van der Waals surface area contributed by atoms with Crippen LogP contribution in [0.2, 0.25) is 5.15 Å². The number of pyridine rings is 1. The van der Waals surface area contributed by atoms with Crippen molar-refractivity contribution >= 4 is 29.2 Å². The van der Waals surface area contributed by atoms with Crippen molar-refractivity contribution < 1.29 is 14.3 Å². The van der Waals surface area contributed by atoms with Crippen LogP contribution in [-0.4, -0.2) is 47.6 Å². The Hall–Kier alpha value is -1.86. The highest BCUT2D eigenvalue weighted by molar-refractivity contribution is 6.30. The average molecular weight is 299 g/mol. The van der Waals surface area contributed by atoms with E-state index in [4.69, 9.17) is 22.1 Å². The third-order valence-electron chi connectivity index (χ3n) is 2.94. The average Bonchev–Trinajstić information content (AvgIpc) is 2.43. The van der Waals surface area contributed by atoms with Crippen LogP contribution >= 0.6 is 11.6 Å². The van der Waals surface area contributed by atoms with Crippen LogP contribution in [0.15, 0.2) is 12.3 Å². The number of rotatable bonds is 2. The molecule has 0 spiro atoms. The highest BCUT2D eigenvalue weighted by Gasteiger charge is 2.27. The molecule has 3 amide bonds. The first kappa shape index (κ1) is 14.5. The lowest BCUT2D eigenvalue weighted by molar-refractivity contribution is -0.133. The summed E-state index contributed by atoms with van der Waals surface area (Å²) in [5.74, 6) is -0.577. The summed E-state index contributed by atoms with van der Waals surface area (Å²) in [6.45, 7) is 2.61. The Morgan fingerprint density at radius 3 is 3.00 bits per heavy atom. The molecule has 0 aliphatic carbocycles. The fraction of sp³-hybridized carbons (Fsp3) is 0.417. The quantitative estimate of drug-likeness (QED) is 0.788. The third kappa shape index (κ3) is 3.37. The molecule has 1 unspecified atom stereocenters. The maximum Gasteiger partial charge on any atom is 0.322 e. The van der Waals surface area contributed by atoms with E-state index in [1.807, 2.05) is 0 Å². The number of ether oxygens (including phenoxy) is 1. The maximum absolute atomic E-state index is 12.1. The van der Waals surface area contributed by atoms with Gasteiger partial charge in [-0.15, -0.1) is 0 Å². The summed E-state index contributed by atoms with van der Waals surface area (Å²) in [5.41, 5.74) is 6.48. The van der Waals surface area contributed by atoms with Gasteiger partial charge in [0.15, 0.2) is 6.10 Å². The van der Waals surface area contributed by atoms with Gasteiger partial charge in [0.25, 0.3) is 0 Å². The van der Waals surface area contributed by atoms with Crippen molar-refractivity contribution in [2.24, 2.45) is 5.73 Å². The van der Waals surface area contributed by atoms with Gasteiger partial charge < -0.3 is 20.7 Å². The first-order valence-electron chi connectivity index (χ1n) is 6.06. The Morgan fingerprint density at radius 2 is 2.35 bits per heavy atom. The van der Waals surface area contributed by atoms with Crippen LogP contribution in [0.25, 0.3) is 0 Å². The van der Waals surface area contributed by atoms with Crippen LogP contribution in [0.4, 0.5) is 10.5 Å². The topological polar surface area (TPSA) is 97.5 Å². The van der Waals surface area contributed by atoms with Crippen molar-refractivity contribution in [1.29, 1.82) is 0 Å². The fourth-order valence-electron chi connectivity index (χ4n) is 1.83. The van der Waals surface area contributed by atoms with Gasteiger partial charge in [-0.2, -0.15) is 0 Å². The van der Waals surface area contributed by atoms with Crippen LogP contribution in [-0.2, 0) is 9.53 Å². The number of urea groups is 1. The molecule has 1 aliphatic heterocycles. The first-order valence-corrected chi connectivity index (χ1v) is 6.44. The summed E-state index contributed by atoms with van der Waals surface area (Å²) in [6.07, 6.45) is 0.707. The molecule has 0 saturated carbocycles. The van der Waals surface area contributed by atoms with Gasteiger partial charge in [0, 0.05) is 6.54 Å². The lowest BCUT2D eigenvalue weighted by Crippen LogP contribution is -2.51. The number of aromatic nitrogens is 1. The number of nitrogens with two attached hydrogens (primary N) is 1. The summed E-state index contributed by atoms with van der Waals surface area (Å²) < 4.78 is 5.18. The monoisotopic (exact) mass is 298 g/mol. The van der Waals surface area contributed by atoms with Gasteiger partial charge in [-0.25, -0.2) is 9.78 Å². The summed E-state index contributed by atoms with van der Waals surface area (Å²) >= 11 is 5.82. The molecule has 1 aliphatic rings. The molecule has 8 heteroatoms. The number of amides is 3. The molecular formula is C12H15ClN4O3. The van der Waals surface area contributed by atoms with Gasteiger partial charge >= 0.3 is 6.03 Å². The second-order valence-corrected chi connectivity index (χ2v) is 4.83. The smallest absolute Gasteiger partial charge is 0.322 e. The van der Waals surface area contributed by atoms with Gasteiger partial charge in [-0.3, -0.25) is 4.79 Å². The number of hydrogen-bond donors (Lipinski definition) is 2. The Morgan fingerprint density at radius 1 is 1.60 bits per heavy atom.